The van der Waals surface area contributed by atoms with E-state index in [1.807, 2.05) is 31.2 Å². The topological polar surface area (TPSA) is 41.1 Å². The lowest BCUT2D eigenvalue weighted by molar-refractivity contribution is -0.122. The number of nitrogens with one attached hydrogen (secondary N) is 2. The molecule has 1 aliphatic heterocycles. The molecule has 1 fully saturated rings. The Morgan fingerprint density at radius 1 is 1.45 bits per heavy atom. The van der Waals surface area contributed by atoms with Crippen molar-refractivity contribution in [3.05, 3.63) is 34.9 Å². The predicted octanol–water partition coefficient (Wildman–Crippen LogP) is 2.78. The highest BCUT2D eigenvalue weighted by Gasteiger charge is 2.17. The Morgan fingerprint density at radius 3 is 2.85 bits per heavy atom. The van der Waals surface area contributed by atoms with E-state index in [9.17, 15) is 4.79 Å². The average Bonchev–Trinajstić information content (AvgIpc) is 2.42. The van der Waals surface area contributed by atoms with Crippen molar-refractivity contribution >= 4 is 17.5 Å². The average molecular weight is 295 g/mol. The number of hydrogen-bond donors (Lipinski definition) is 2. The van der Waals surface area contributed by atoms with E-state index in [1.165, 1.54) is 12.0 Å². The molecule has 2 N–H and O–H groups in total. The Kier molecular flexibility index (Phi) is 5.86. The lowest BCUT2D eigenvalue weighted by Gasteiger charge is -2.23. The van der Waals surface area contributed by atoms with Gasteiger partial charge in [-0.25, -0.2) is 0 Å². The van der Waals surface area contributed by atoms with Crippen LogP contribution in [-0.2, 0) is 11.2 Å². The van der Waals surface area contributed by atoms with Crippen LogP contribution in [0.25, 0.3) is 0 Å². The van der Waals surface area contributed by atoms with E-state index in [-0.39, 0.29) is 11.9 Å². The van der Waals surface area contributed by atoms with Crippen molar-refractivity contribution in [2.45, 2.75) is 38.6 Å². The van der Waals surface area contributed by atoms with Crippen molar-refractivity contribution in [2.24, 2.45) is 5.92 Å². The maximum Gasteiger partial charge on any atom is 0.220 e. The molecule has 4 heteroatoms. The van der Waals surface area contributed by atoms with Gasteiger partial charge in [0.1, 0.15) is 0 Å². The molecular formula is C16H23ClN2O. The van der Waals surface area contributed by atoms with Crippen LogP contribution in [0.5, 0.6) is 0 Å². The van der Waals surface area contributed by atoms with Crippen molar-refractivity contribution < 1.29 is 4.79 Å². The smallest absolute Gasteiger partial charge is 0.220 e. The van der Waals surface area contributed by atoms with E-state index in [0.29, 0.717) is 12.3 Å². The van der Waals surface area contributed by atoms with Gasteiger partial charge in [-0.3, -0.25) is 4.79 Å². The summed E-state index contributed by atoms with van der Waals surface area (Å²) >= 11 is 5.87. The maximum absolute atomic E-state index is 12.0. The maximum atomic E-state index is 12.0. The molecule has 2 atom stereocenters. The number of rotatable bonds is 5. The van der Waals surface area contributed by atoms with Crippen LogP contribution in [-0.4, -0.2) is 25.0 Å². The van der Waals surface area contributed by atoms with Gasteiger partial charge in [0, 0.05) is 17.5 Å². The summed E-state index contributed by atoms with van der Waals surface area (Å²) in [7, 11) is 0. The van der Waals surface area contributed by atoms with Crippen LogP contribution in [0.2, 0.25) is 5.02 Å². The van der Waals surface area contributed by atoms with Gasteiger partial charge >= 0.3 is 0 Å². The number of halogens is 1. The molecule has 2 rings (SSSR count). The van der Waals surface area contributed by atoms with Crippen molar-refractivity contribution in [1.82, 2.24) is 10.6 Å². The van der Waals surface area contributed by atoms with Crippen LogP contribution in [0.3, 0.4) is 0 Å². The van der Waals surface area contributed by atoms with Crippen LogP contribution in [0.1, 0.15) is 31.7 Å². The van der Waals surface area contributed by atoms with Crippen molar-refractivity contribution in [3.63, 3.8) is 0 Å². The summed E-state index contributed by atoms with van der Waals surface area (Å²) in [5.74, 6) is 0.659. The highest BCUT2D eigenvalue weighted by atomic mass is 35.5. The number of carbonyl (C=O) groups is 1. The minimum atomic E-state index is 0.153. The minimum Gasteiger partial charge on any atom is -0.353 e. The Labute approximate surface area is 126 Å². The van der Waals surface area contributed by atoms with E-state index in [4.69, 9.17) is 11.6 Å². The fraction of sp³-hybridized carbons (Fsp3) is 0.562. The molecule has 1 aromatic rings. The van der Waals surface area contributed by atoms with Gasteiger partial charge in [-0.2, -0.15) is 0 Å². The third-order valence-corrected chi connectivity index (χ3v) is 3.99. The predicted molar refractivity (Wildman–Crippen MR) is 83.0 cm³/mol. The van der Waals surface area contributed by atoms with Crippen LogP contribution < -0.4 is 10.6 Å². The molecule has 0 aliphatic carbocycles. The van der Waals surface area contributed by atoms with Gasteiger partial charge in [-0.15, -0.1) is 0 Å². The van der Waals surface area contributed by atoms with Gasteiger partial charge in [-0.1, -0.05) is 23.7 Å². The van der Waals surface area contributed by atoms with E-state index < -0.39 is 0 Å². The Balaban J connectivity index is 1.74. The van der Waals surface area contributed by atoms with E-state index in [2.05, 4.69) is 10.6 Å². The molecule has 0 spiro atoms. The molecule has 1 aliphatic rings. The second kappa shape index (κ2) is 7.65. The lowest BCUT2D eigenvalue weighted by Crippen LogP contribution is -2.38. The van der Waals surface area contributed by atoms with E-state index in [0.717, 1.165) is 31.0 Å². The summed E-state index contributed by atoms with van der Waals surface area (Å²) < 4.78 is 0. The van der Waals surface area contributed by atoms with Crippen LogP contribution >= 0.6 is 11.6 Å². The van der Waals surface area contributed by atoms with Crippen molar-refractivity contribution in [3.8, 4) is 0 Å². The first-order chi connectivity index (χ1) is 9.63. The summed E-state index contributed by atoms with van der Waals surface area (Å²) in [5.41, 5.74) is 1.20. The quantitative estimate of drug-likeness (QED) is 0.877. The Bertz CT molecular complexity index is 427. The van der Waals surface area contributed by atoms with E-state index in [1.54, 1.807) is 0 Å². The fourth-order valence-corrected chi connectivity index (χ4v) is 2.85. The van der Waals surface area contributed by atoms with Gasteiger partial charge < -0.3 is 10.6 Å². The molecule has 20 heavy (non-hydrogen) atoms. The molecule has 1 heterocycles. The second-order valence-electron chi connectivity index (χ2n) is 5.72. The molecule has 3 nitrogen and oxygen atoms in total. The summed E-state index contributed by atoms with van der Waals surface area (Å²) in [6.45, 7) is 4.11. The highest BCUT2D eigenvalue weighted by molar-refractivity contribution is 6.30. The zero-order valence-electron chi connectivity index (χ0n) is 12.0. The molecule has 2 unspecified atom stereocenters. The first kappa shape index (κ1) is 15.3. The van der Waals surface area contributed by atoms with Gasteiger partial charge in [0.15, 0.2) is 0 Å². The molecule has 1 aromatic carbocycles. The molecular weight excluding hydrogens is 272 g/mol. The fourth-order valence-electron chi connectivity index (χ4n) is 2.72. The molecule has 1 saturated heterocycles. The summed E-state index contributed by atoms with van der Waals surface area (Å²) in [4.78, 5) is 12.0. The van der Waals surface area contributed by atoms with Crippen LogP contribution in [0.15, 0.2) is 24.3 Å². The normalized spacial score (nSPS) is 20.4. The summed E-state index contributed by atoms with van der Waals surface area (Å²) in [5, 5.41) is 7.18. The SMILES string of the molecule is CC(Cc1ccc(Cl)cc1)NC(=O)CC1CCCNC1. The lowest BCUT2D eigenvalue weighted by atomic mass is 9.95. The highest BCUT2D eigenvalue weighted by Crippen LogP contribution is 2.14. The van der Waals surface area contributed by atoms with E-state index >= 15 is 0 Å². The molecule has 0 aromatic heterocycles. The number of carbonyl (C=O) groups excluding carboxylic acids is 1. The number of amides is 1. The second-order valence-corrected chi connectivity index (χ2v) is 6.15. The molecule has 0 radical (unpaired) electrons. The zero-order valence-corrected chi connectivity index (χ0v) is 12.7. The van der Waals surface area contributed by atoms with Gasteiger partial charge in [0.25, 0.3) is 0 Å². The summed E-state index contributed by atoms with van der Waals surface area (Å²) in [6, 6.07) is 7.95. The molecule has 0 saturated carbocycles. The molecule has 110 valence electrons. The van der Waals surface area contributed by atoms with Crippen molar-refractivity contribution in [2.75, 3.05) is 13.1 Å². The van der Waals surface area contributed by atoms with Gasteiger partial charge in [0.2, 0.25) is 5.91 Å². The third-order valence-electron chi connectivity index (χ3n) is 3.74. The first-order valence-corrected chi connectivity index (χ1v) is 7.76. The zero-order chi connectivity index (χ0) is 14.4. The molecule has 1 amide bonds. The van der Waals surface area contributed by atoms with Crippen molar-refractivity contribution in [1.29, 1.82) is 0 Å². The number of benzene rings is 1. The van der Waals surface area contributed by atoms with Crippen LogP contribution in [0.4, 0.5) is 0 Å². The minimum absolute atomic E-state index is 0.153. The first-order valence-electron chi connectivity index (χ1n) is 7.38. The Hall–Kier alpha value is -1.06. The number of piperidine rings is 1. The van der Waals surface area contributed by atoms with Gasteiger partial charge in [0.05, 0.1) is 0 Å². The monoisotopic (exact) mass is 294 g/mol. The number of hydrogen-bond acceptors (Lipinski definition) is 2. The molecule has 0 bridgehead atoms. The standard InChI is InChI=1S/C16H23ClN2O/c1-12(9-13-4-6-15(17)7-5-13)19-16(20)10-14-3-2-8-18-11-14/h4-7,12,14,18H,2-3,8-11H2,1H3,(H,19,20). The third kappa shape index (κ3) is 5.14. The van der Waals surface area contributed by atoms with Crippen LogP contribution in [0, 0.1) is 5.92 Å². The summed E-state index contributed by atoms with van der Waals surface area (Å²) in [6.07, 6.45) is 3.81. The Morgan fingerprint density at radius 2 is 2.20 bits per heavy atom. The largest absolute Gasteiger partial charge is 0.353 e. The van der Waals surface area contributed by atoms with Gasteiger partial charge in [-0.05, 0) is 62.9 Å².